The van der Waals surface area contributed by atoms with E-state index in [-0.39, 0.29) is 24.3 Å². The molecule has 7 heteroatoms. The van der Waals surface area contributed by atoms with Crippen molar-refractivity contribution in [3.63, 3.8) is 0 Å². The van der Waals surface area contributed by atoms with Crippen LogP contribution in [0.2, 0.25) is 0 Å². The molecule has 2 atom stereocenters. The topological polar surface area (TPSA) is 80.0 Å². The lowest BCUT2D eigenvalue weighted by Crippen LogP contribution is -2.30. The fraction of sp³-hybridized carbons (Fsp3) is 0.357. The van der Waals surface area contributed by atoms with Gasteiger partial charge in [-0.1, -0.05) is 17.3 Å². The van der Waals surface area contributed by atoms with Gasteiger partial charge in [0.15, 0.2) is 0 Å². The van der Waals surface area contributed by atoms with E-state index >= 15 is 0 Å². The highest BCUT2D eigenvalue weighted by molar-refractivity contribution is 5.76. The molecule has 0 aliphatic heterocycles. The maximum atomic E-state index is 12.8. The first-order chi connectivity index (χ1) is 9.95. The molecule has 2 aromatic rings. The van der Waals surface area contributed by atoms with Crippen molar-refractivity contribution in [1.82, 2.24) is 20.3 Å². The molecule has 0 radical (unpaired) electrons. The summed E-state index contributed by atoms with van der Waals surface area (Å²) in [6, 6.07) is 5.72. The maximum Gasteiger partial charge on any atom is 0.242 e. The molecule has 0 aliphatic carbocycles. The number of nitrogens with one attached hydrogen (secondary N) is 1. The summed E-state index contributed by atoms with van der Waals surface area (Å²) >= 11 is 0. The van der Waals surface area contributed by atoms with Crippen LogP contribution in [0.25, 0.3) is 0 Å². The van der Waals surface area contributed by atoms with Crippen LogP contribution in [0.4, 0.5) is 4.39 Å². The van der Waals surface area contributed by atoms with Gasteiger partial charge in [0.05, 0.1) is 18.3 Å². The van der Waals surface area contributed by atoms with Crippen LogP contribution in [-0.4, -0.2) is 26.0 Å². The lowest BCUT2D eigenvalue weighted by molar-refractivity contribution is -0.122. The number of benzene rings is 1. The molecule has 0 spiro atoms. The molecule has 112 valence electrons. The van der Waals surface area contributed by atoms with Crippen molar-refractivity contribution < 1.29 is 14.3 Å². The van der Waals surface area contributed by atoms with E-state index in [9.17, 15) is 14.3 Å². The Morgan fingerprint density at radius 2 is 2.05 bits per heavy atom. The summed E-state index contributed by atoms with van der Waals surface area (Å²) in [7, 11) is 0. The van der Waals surface area contributed by atoms with Gasteiger partial charge in [0.2, 0.25) is 5.91 Å². The normalized spacial score (nSPS) is 13.7. The Balaban J connectivity index is 1.93. The highest BCUT2D eigenvalue weighted by Gasteiger charge is 2.12. The third-order valence-corrected chi connectivity index (χ3v) is 3.04. The van der Waals surface area contributed by atoms with Crippen LogP contribution in [0.3, 0.4) is 0 Å². The Labute approximate surface area is 121 Å². The fourth-order valence-corrected chi connectivity index (χ4v) is 1.85. The average molecular weight is 292 g/mol. The molecule has 0 bridgehead atoms. The van der Waals surface area contributed by atoms with E-state index in [2.05, 4.69) is 15.6 Å². The molecule has 0 saturated carbocycles. The van der Waals surface area contributed by atoms with Crippen molar-refractivity contribution in [3.8, 4) is 0 Å². The van der Waals surface area contributed by atoms with Crippen LogP contribution >= 0.6 is 0 Å². The molecular formula is C14H17FN4O2. The number of hydrogen-bond acceptors (Lipinski definition) is 4. The first-order valence-corrected chi connectivity index (χ1v) is 6.58. The summed E-state index contributed by atoms with van der Waals surface area (Å²) in [6.45, 7) is 3.39. The lowest BCUT2D eigenvalue weighted by Gasteiger charge is -2.14. The Hall–Kier alpha value is -2.28. The summed E-state index contributed by atoms with van der Waals surface area (Å²) in [6.07, 6.45) is 0.798. The molecule has 2 N–H and O–H groups in total. The fourth-order valence-electron chi connectivity index (χ4n) is 1.85. The number of rotatable bonds is 5. The summed E-state index contributed by atoms with van der Waals surface area (Å²) in [5, 5.41) is 19.7. The number of carbonyl (C=O) groups is 1. The van der Waals surface area contributed by atoms with Gasteiger partial charge in [-0.15, -0.1) is 5.10 Å². The van der Waals surface area contributed by atoms with Crippen molar-refractivity contribution in [2.75, 3.05) is 0 Å². The van der Waals surface area contributed by atoms with Gasteiger partial charge in [-0.2, -0.15) is 0 Å². The van der Waals surface area contributed by atoms with E-state index in [1.807, 2.05) is 6.92 Å². The highest BCUT2D eigenvalue weighted by Crippen LogP contribution is 2.12. The van der Waals surface area contributed by atoms with E-state index in [4.69, 9.17) is 0 Å². The highest BCUT2D eigenvalue weighted by atomic mass is 19.1. The first kappa shape index (κ1) is 15.1. The van der Waals surface area contributed by atoms with E-state index < -0.39 is 6.10 Å². The van der Waals surface area contributed by atoms with Gasteiger partial charge in [-0.25, -0.2) is 9.07 Å². The second kappa shape index (κ2) is 6.45. The Morgan fingerprint density at radius 3 is 2.62 bits per heavy atom. The number of aliphatic hydroxyl groups excluding tert-OH is 1. The second-order valence-electron chi connectivity index (χ2n) is 4.86. The van der Waals surface area contributed by atoms with Gasteiger partial charge in [0.25, 0.3) is 0 Å². The zero-order valence-electron chi connectivity index (χ0n) is 11.8. The quantitative estimate of drug-likeness (QED) is 0.871. The average Bonchev–Trinajstić information content (AvgIpc) is 2.87. The van der Waals surface area contributed by atoms with Gasteiger partial charge in [-0.3, -0.25) is 4.79 Å². The van der Waals surface area contributed by atoms with Crippen molar-refractivity contribution in [2.45, 2.75) is 32.5 Å². The number of aromatic nitrogens is 3. The molecule has 1 aromatic carbocycles. The van der Waals surface area contributed by atoms with Crippen molar-refractivity contribution >= 4 is 5.91 Å². The molecule has 1 aromatic heterocycles. The molecular weight excluding hydrogens is 275 g/mol. The molecule has 1 heterocycles. The van der Waals surface area contributed by atoms with E-state index in [0.717, 1.165) is 5.56 Å². The zero-order valence-corrected chi connectivity index (χ0v) is 11.8. The van der Waals surface area contributed by atoms with E-state index in [0.29, 0.717) is 5.69 Å². The van der Waals surface area contributed by atoms with Gasteiger partial charge in [-0.05, 0) is 31.5 Å². The Kier molecular flexibility index (Phi) is 4.64. The minimum atomic E-state index is -0.722. The van der Waals surface area contributed by atoms with Crippen molar-refractivity contribution in [3.05, 3.63) is 47.5 Å². The standard InChI is InChI=1S/C14H17FN4O2/c1-9(11-3-5-12(15)6-4-11)16-14(21)8-19-7-13(10(2)20)17-18-19/h3-7,9-10,20H,8H2,1-2H3,(H,16,21). The van der Waals surface area contributed by atoms with Crippen LogP contribution in [-0.2, 0) is 11.3 Å². The van der Waals surface area contributed by atoms with Crippen LogP contribution in [0, 0.1) is 5.82 Å². The minimum absolute atomic E-state index is 0.00521. The van der Waals surface area contributed by atoms with Crippen LogP contribution in [0.5, 0.6) is 0 Å². The third kappa shape index (κ3) is 4.09. The summed E-state index contributed by atoms with van der Waals surface area (Å²) in [5.74, 6) is -0.556. The summed E-state index contributed by atoms with van der Waals surface area (Å²) < 4.78 is 14.2. The predicted molar refractivity (Wildman–Crippen MR) is 73.6 cm³/mol. The van der Waals surface area contributed by atoms with E-state index in [1.54, 1.807) is 19.1 Å². The van der Waals surface area contributed by atoms with Crippen LogP contribution < -0.4 is 5.32 Å². The number of carbonyl (C=O) groups excluding carboxylic acids is 1. The third-order valence-electron chi connectivity index (χ3n) is 3.04. The molecule has 6 nitrogen and oxygen atoms in total. The van der Waals surface area contributed by atoms with Crippen LogP contribution in [0.15, 0.2) is 30.5 Å². The zero-order chi connectivity index (χ0) is 15.4. The molecule has 2 unspecified atom stereocenters. The minimum Gasteiger partial charge on any atom is -0.387 e. The number of amides is 1. The van der Waals surface area contributed by atoms with E-state index in [1.165, 1.54) is 23.0 Å². The number of hydrogen-bond donors (Lipinski definition) is 2. The lowest BCUT2D eigenvalue weighted by atomic mass is 10.1. The van der Waals surface area contributed by atoms with Crippen LogP contribution in [0.1, 0.15) is 37.3 Å². The second-order valence-corrected chi connectivity index (χ2v) is 4.86. The van der Waals surface area contributed by atoms with Crippen molar-refractivity contribution in [1.29, 1.82) is 0 Å². The van der Waals surface area contributed by atoms with Gasteiger partial charge in [0, 0.05) is 0 Å². The molecule has 21 heavy (non-hydrogen) atoms. The summed E-state index contributed by atoms with van der Waals surface area (Å²) in [4.78, 5) is 11.9. The molecule has 0 aliphatic rings. The largest absolute Gasteiger partial charge is 0.387 e. The van der Waals surface area contributed by atoms with Crippen molar-refractivity contribution in [2.24, 2.45) is 0 Å². The number of nitrogens with zero attached hydrogens (tertiary/aromatic N) is 3. The molecule has 0 fully saturated rings. The smallest absolute Gasteiger partial charge is 0.242 e. The molecule has 0 saturated heterocycles. The Bertz CT molecular complexity index is 610. The SMILES string of the molecule is CC(O)c1cn(CC(=O)NC(C)c2ccc(F)cc2)nn1. The first-order valence-electron chi connectivity index (χ1n) is 6.58. The Morgan fingerprint density at radius 1 is 1.38 bits per heavy atom. The van der Waals surface area contributed by atoms with Gasteiger partial charge in [0.1, 0.15) is 18.1 Å². The van der Waals surface area contributed by atoms with Gasteiger partial charge >= 0.3 is 0 Å². The molecule has 1 amide bonds. The monoisotopic (exact) mass is 292 g/mol. The van der Waals surface area contributed by atoms with Gasteiger partial charge < -0.3 is 10.4 Å². The number of halogens is 1. The number of aliphatic hydroxyl groups is 1. The summed E-state index contributed by atoms with van der Waals surface area (Å²) in [5.41, 5.74) is 1.22. The maximum absolute atomic E-state index is 12.8. The predicted octanol–water partition coefficient (Wildman–Crippen LogP) is 1.35. The molecule has 2 rings (SSSR count).